The molecule has 0 spiro atoms. The van der Waals surface area contributed by atoms with Crippen molar-refractivity contribution >= 4 is 44.6 Å². The molecular weight excluding hydrogens is 434 g/mol. The number of piperazine rings is 1. The Hall–Kier alpha value is -1.76. The average molecular weight is 468 g/mol. The predicted molar refractivity (Wildman–Crippen MR) is 136 cm³/mol. The molecule has 0 unspecified atom stereocenters. The summed E-state index contributed by atoms with van der Waals surface area (Å²) in [6, 6.07) is 10.6. The van der Waals surface area contributed by atoms with E-state index in [9.17, 15) is 4.79 Å². The van der Waals surface area contributed by atoms with E-state index in [1.165, 1.54) is 54.6 Å². The van der Waals surface area contributed by atoms with Crippen LogP contribution < -0.4 is 4.90 Å². The van der Waals surface area contributed by atoms with E-state index >= 15 is 0 Å². The highest BCUT2D eigenvalue weighted by atomic mass is 32.1. The Balaban J connectivity index is 1.03. The van der Waals surface area contributed by atoms with Crippen molar-refractivity contribution in [3.8, 4) is 0 Å². The fourth-order valence-electron chi connectivity index (χ4n) is 5.39. The Labute approximate surface area is 199 Å². The number of carbonyl (C=O) groups excluding carboxylic acids is 1. The highest BCUT2D eigenvalue weighted by molar-refractivity contribution is 7.13. The fraction of sp³-hybridized carbons (Fsp3) is 0.538. The molecule has 2 aliphatic rings. The number of Topliss-reactive ketones (excluding diaryl/α,β-unsaturated/α-hetero) is 1. The zero-order chi connectivity index (χ0) is 21.9. The summed E-state index contributed by atoms with van der Waals surface area (Å²) < 4.78 is 6.02. The summed E-state index contributed by atoms with van der Waals surface area (Å²) in [5.41, 5.74) is 1.15. The van der Waals surface area contributed by atoms with Crippen molar-refractivity contribution in [2.24, 2.45) is 11.8 Å². The van der Waals surface area contributed by atoms with E-state index in [1.54, 1.807) is 22.9 Å². The van der Waals surface area contributed by atoms with E-state index in [-0.39, 0.29) is 0 Å². The maximum Gasteiger partial charge on any atom is 0.173 e. The molecule has 1 saturated carbocycles. The van der Waals surface area contributed by atoms with Gasteiger partial charge in [0.15, 0.2) is 5.78 Å². The molecule has 0 N–H and O–H groups in total. The van der Waals surface area contributed by atoms with Crippen LogP contribution in [0.15, 0.2) is 35.7 Å². The van der Waals surface area contributed by atoms with Crippen LogP contribution in [0.2, 0.25) is 0 Å². The summed E-state index contributed by atoms with van der Waals surface area (Å²) in [6.07, 6.45) is 7.11. The summed E-state index contributed by atoms with van der Waals surface area (Å²) in [5, 5.41) is 3.34. The molecule has 1 saturated heterocycles. The van der Waals surface area contributed by atoms with Crippen molar-refractivity contribution < 1.29 is 4.79 Å². The van der Waals surface area contributed by atoms with Gasteiger partial charge in [0, 0.05) is 38.0 Å². The number of fused-ring (bicyclic) bond motifs is 1. The molecule has 3 heterocycles. The number of aryl methyl sites for hydroxylation is 1. The van der Waals surface area contributed by atoms with Crippen LogP contribution in [0.1, 0.15) is 53.8 Å². The molecule has 0 radical (unpaired) electrons. The molecule has 170 valence electrons. The third kappa shape index (κ3) is 4.92. The molecule has 2 aromatic heterocycles. The van der Waals surface area contributed by atoms with Gasteiger partial charge in [-0.15, -0.1) is 11.3 Å². The lowest BCUT2D eigenvalue weighted by molar-refractivity contribution is 0.0943. The summed E-state index contributed by atoms with van der Waals surface area (Å²) in [5.74, 6) is 2.98. The zero-order valence-electron chi connectivity index (χ0n) is 19.0. The smallest absolute Gasteiger partial charge is 0.173 e. The molecule has 1 aliphatic heterocycles. The van der Waals surface area contributed by atoms with E-state index < -0.39 is 0 Å². The molecule has 1 aliphatic carbocycles. The quantitative estimate of drug-likeness (QED) is 0.384. The first-order chi connectivity index (χ1) is 15.7. The third-order valence-corrected chi connectivity index (χ3v) is 9.31. The fourth-order valence-corrected chi connectivity index (χ4v) is 7.06. The van der Waals surface area contributed by atoms with Gasteiger partial charge in [-0.05, 0) is 85.2 Å². The number of hydrogen-bond donors (Lipinski definition) is 0. The minimum Gasteiger partial charge on any atom is -0.353 e. The van der Waals surface area contributed by atoms with E-state index in [4.69, 9.17) is 4.37 Å². The van der Waals surface area contributed by atoms with Gasteiger partial charge in [-0.25, -0.2) is 0 Å². The highest BCUT2D eigenvalue weighted by Crippen LogP contribution is 2.34. The van der Waals surface area contributed by atoms with E-state index in [0.29, 0.717) is 11.7 Å². The minimum atomic E-state index is 0.367. The zero-order valence-corrected chi connectivity index (χ0v) is 20.6. The van der Waals surface area contributed by atoms with Crippen molar-refractivity contribution in [2.45, 2.75) is 45.4 Å². The number of anilines is 1. The molecule has 0 atom stereocenters. The molecule has 32 heavy (non-hydrogen) atoms. The standard InChI is InChI=1S/C26H33N3OS2/c1-19-11-17-31-25(19)23(30)18-21-8-6-20(7-9-21)10-12-28-13-15-29(16-14-28)26-22-4-2-3-5-24(22)32-27-26/h2-5,11,17,20-21H,6-10,12-16,18H2,1H3. The van der Waals surface area contributed by atoms with Crippen LogP contribution in [0.25, 0.3) is 10.1 Å². The number of carbonyl (C=O) groups is 1. The molecule has 6 heteroatoms. The monoisotopic (exact) mass is 467 g/mol. The SMILES string of the molecule is Cc1ccsc1C(=O)CC1CCC(CCN2CCN(c3nsc4ccccc34)CC2)CC1. The van der Waals surface area contributed by atoms with Crippen molar-refractivity contribution in [3.05, 3.63) is 46.2 Å². The normalized spacial score (nSPS) is 22.5. The molecule has 5 rings (SSSR count). The summed E-state index contributed by atoms with van der Waals surface area (Å²) in [4.78, 5) is 18.7. The molecule has 0 bridgehead atoms. The lowest BCUT2D eigenvalue weighted by Gasteiger charge is -2.36. The first kappa shape index (κ1) is 22.1. The Bertz CT molecular complexity index is 1040. The first-order valence-electron chi connectivity index (χ1n) is 12.1. The van der Waals surface area contributed by atoms with Crippen LogP contribution >= 0.6 is 22.9 Å². The third-order valence-electron chi connectivity index (χ3n) is 7.44. The van der Waals surface area contributed by atoms with Gasteiger partial charge in [0.1, 0.15) is 5.82 Å². The van der Waals surface area contributed by atoms with Crippen LogP contribution in [-0.4, -0.2) is 47.8 Å². The number of nitrogens with zero attached hydrogens (tertiary/aromatic N) is 3. The van der Waals surface area contributed by atoms with Gasteiger partial charge in [-0.2, -0.15) is 4.37 Å². The van der Waals surface area contributed by atoms with Gasteiger partial charge >= 0.3 is 0 Å². The van der Waals surface area contributed by atoms with Gasteiger partial charge in [0.2, 0.25) is 0 Å². The van der Waals surface area contributed by atoms with Gasteiger partial charge in [-0.1, -0.05) is 25.0 Å². The van der Waals surface area contributed by atoms with Gasteiger partial charge < -0.3 is 4.90 Å². The van der Waals surface area contributed by atoms with Gasteiger partial charge in [0.05, 0.1) is 9.58 Å². The topological polar surface area (TPSA) is 36.4 Å². The number of rotatable bonds is 7. The maximum atomic E-state index is 12.6. The second-order valence-corrected chi connectivity index (χ2v) is 11.3. The number of hydrogen-bond acceptors (Lipinski definition) is 6. The molecule has 3 aromatic rings. The van der Waals surface area contributed by atoms with Crippen LogP contribution in [0.4, 0.5) is 5.82 Å². The van der Waals surface area contributed by atoms with Crippen molar-refractivity contribution in [1.29, 1.82) is 0 Å². The van der Waals surface area contributed by atoms with Crippen molar-refractivity contribution in [2.75, 3.05) is 37.6 Å². The van der Waals surface area contributed by atoms with Gasteiger partial charge in [0.25, 0.3) is 0 Å². The first-order valence-corrected chi connectivity index (χ1v) is 13.7. The van der Waals surface area contributed by atoms with E-state index in [1.807, 2.05) is 5.38 Å². The van der Waals surface area contributed by atoms with Crippen molar-refractivity contribution in [1.82, 2.24) is 9.27 Å². The minimum absolute atomic E-state index is 0.367. The lowest BCUT2D eigenvalue weighted by Crippen LogP contribution is -2.47. The summed E-state index contributed by atoms with van der Waals surface area (Å²) in [6.45, 7) is 7.69. The molecule has 0 amide bonds. The molecular formula is C26H33N3OS2. The molecule has 4 nitrogen and oxygen atoms in total. The second kappa shape index (κ2) is 10.0. The van der Waals surface area contributed by atoms with Gasteiger partial charge in [-0.3, -0.25) is 9.69 Å². The Morgan fingerprint density at radius 3 is 2.53 bits per heavy atom. The lowest BCUT2D eigenvalue weighted by atomic mass is 9.78. The largest absolute Gasteiger partial charge is 0.353 e. The van der Waals surface area contributed by atoms with Crippen molar-refractivity contribution in [3.63, 3.8) is 0 Å². The maximum absolute atomic E-state index is 12.6. The summed E-state index contributed by atoms with van der Waals surface area (Å²) in [7, 11) is 0. The Morgan fingerprint density at radius 1 is 1.03 bits per heavy atom. The highest BCUT2D eigenvalue weighted by Gasteiger charge is 2.26. The molecule has 1 aromatic carbocycles. The van der Waals surface area contributed by atoms with E-state index in [2.05, 4.69) is 47.1 Å². The average Bonchev–Trinajstić information content (AvgIpc) is 3.45. The Kier molecular flexibility index (Phi) is 6.91. The number of aromatic nitrogens is 1. The van der Waals surface area contributed by atoms with E-state index in [0.717, 1.165) is 49.0 Å². The summed E-state index contributed by atoms with van der Waals surface area (Å²) >= 11 is 3.22. The predicted octanol–water partition coefficient (Wildman–Crippen LogP) is 6.26. The number of benzene rings is 1. The second-order valence-electron chi connectivity index (χ2n) is 9.57. The van der Waals surface area contributed by atoms with Crippen LogP contribution in [-0.2, 0) is 0 Å². The van der Waals surface area contributed by atoms with Crippen LogP contribution in [0.5, 0.6) is 0 Å². The van der Waals surface area contributed by atoms with Crippen LogP contribution in [0.3, 0.4) is 0 Å². The number of ketones is 1. The Morgan fingerprint density at radius 2 is 1.78 bits per heavy atom. The number of thiophene rings is 1. The molecule has 2 fully saturated rings. The van der Waals surface area contributed by atoms with Crippen LogP contribution in [0, 0.1) is 18.8 Å².